The van der Waals surface area contributed by atoms with Gasteiger partial charge in [-0.15, -0.1) is 0 Å². The number of pyridine rings is 1. The first-order chi connectivity index (χ1) is 8.51. The summed E-state index contributed by atoms with van der Waals surface area (Å²) in [4.78, 5) is 15.0. The van der Waals surface area contributed by atoms with Crippen molar-refractivity contribution in [2.45, 2.75) is 19.8 Å². The Bertz CT molecular complexity index is 501. The van der Waals surface area contributed by atoms with E-state index in [0.29, 0.717) is 0 Å². The van der Waals surface area contributed by atoms with Crippen LogP contribution in [0.4, 0.5) is 8.78 Å². The van der Waals surface area contributed by atoms with Gasteiger partial charge in [-0.1, -0.05) is 0 Å². The van der Waals surface area contributed by atoms with Crippen LogP contribution >= 0.6 is 15.9 Å². The van der Waals surface area contributed by atoms with Crippen LogP contribution in [0.25, 0.3) is 0 Å². The lowest BCUT2D eigenvalue weighted by Gasteiger charge is -2.10. The van der Waals surface area contributed by atoms with E-state index < -0.39 is 18.0 Å². The van der Waals surface area contributed by atoms with Crippen molar-refractivity contribution in [1.29, 1.82) is 5.26 Å². The van der Waals surface area contributed by atoms with Gasteiger partial charge >= 0.3 is 5.97 Å². The normalized spacial score (nSPS) is 10.2. The van der Waals surface area contributed by atoms with Crippen molar-refractivity contribution in [2.24, 2.45) is 0 Å². The van der Waals surface area contributed by atoms with Gasteiger partial charge in [0, 0.05) is 10.7 Å². The lowest BCUT2D eigenvalue weighted by Crippen LogP contribution is -2.12. The summed E-state index contributed by atoms with van der Waals surface area (Å²) in [5.41, 5.74) is -0.533. The summed E-state index contributed by atoms with van der Waals surface area (Å²) in [5.74, 6) is -0.636. The Balaban J connectivity index is 3.17. The minimum absolute atomic E-state index is 0.00194. The highest BCUT2D eigenvalue weighted by Gasteiger charge is 2.22. The Morgan fingerprint density at radius 2 is 2.33 bits per heavy atom. The predicted octanol–water partition coefficient (Wildman–Crippen LogP) is 2.76. The average molecular weight is 319 g/mol. The van der Waals surface area contributed by atoms with Gasteiger partial charge in [-0.25, -0.2) is 8.78 Å². The first-order valence-electron chi connectivity index (χ1n) is 5.02. The maximum absolute atomic E-state index is 12.9. The molecule has 18 heavy (non-hydrogen) atoms. The minimum atomic E-state index is -2.83. The van der Waals surface area contributed by atoms with Gasteiger partial charge in [-0.05, 0) is 22.9 Å². The summed E-state index contributed by atoms with van der Waals surface area (Å²) in [6, 6.07) is 1.74. The van der Waals surface area contributed by atoms with Crippen molar-refractivity contribution in [2.75, 3.05) is 6.61 Å². The first kappa shape index (κ1) is 14.5. The van der Waals surface area contributed by atoms with Crippen molar-refractivity contribution >= 4 is 21.9 Å². The second-order valence-electron chi connectivity index (χ2n) is 3.24. The van der Waals surface area contributed by atoms with E-state index in [2.05, 4.69) is 25.7 Å². The maximum atomic E-state index is 12.9. The van der Waals surface area contributed by atoms with Crippen LogP contribution < -0.4 is 0 Å². The molecule has 0 N–H and O–H groups in total. The number of alkyl halides is 2. The Morgan fingerprint density at radius 3 is 2.83 bits per heavy atom. The first-order valence-corrected chi connectivity index (χ1v) is 5.81. The topological polar surface area (TPSA) is 63.0 Å². The van der Waals surface area contributed by atoms with E-state index >= 15 is 0 Å². The summed E-state index contributed by atoms with van der Waals surface area (Å²) >= 11 is 2.93. The number of nitriles is 1. The van der Waals surface area contributed by atoms with E-state index in [9.17, 15) is 13.6 Å². The molecule has 96 valence electrons. The molecule has 7 heteroatoms. The molecule has 0 unspecified atom stereocenters. The highest BCUT2D eigenvalue weighted by atomic mass is 79.9. The summed E-state index contributed by atoms with van der Waals surface area (Å²) in [6.45, 7) is 1.79. The summed E-state index contributed by atoms with van der Waals surface area (Å²) < 4.78 is 30.5. The van der Waals surface area contributed by atoms with Crippen molar-refractivity contribution in [3.05, 3.63) is 27.5 Å². The molecule has 0 amide bonds. The fraction of sp³-hybridized carbons (Fsp3) is 0.364. The molecule has 0 saturated carbocycles. The molecule has 1 aromatic rings. The molecule has 0 aromatic carbocycles. The summed E-state index contributed by atoms with van der Waals surface area (Å²) in [7, 11) is 0. The molecular formula is C11H9BrF2N2O2. The molecule has 0 saturated heterocycles. The molecule has 0 aliphatic rings. The van der Waals surface area contributed by atoms with Crippen LogP contribution in [0.3, 0.4) is 0 Å². The Labute approximate surface area is 111 Å². The lowest BCUT2D eigenvalue weighted by atomic mass is 10.1. The van der Waals surface area contributed by atoms with Crippen molar-refractivity contribution < 1.29 is 18.3 Å². The fourth-order valence-corrected chi connectivity index (χ4v) is 1.92. The van der Waals surface area contributed by atoms with Gasteiger partial charge in [0.1, 0.15) is 6.07 Å². The predicted molar refractivity (Wildman–Crippen MR) is 61.9 cm³/mol. The lowest BCUT2D eigenvalue weighted by molar-refractivity contribution is -0.142. The van der Waals surface area contributed by atoms with Crippen molar-refractivity contribution in [3.63, 3.8) is 0 Å². The van der Waals surface area contributed by atoms with Crippen LogP contribution in [0, 0.1) is 11.3 Å². The number of carbonyl (C=O) groups is 1. The molecule has 1 heterocycles. The third-order valence-electron chi connectivity index (χ3n) is 2.09. The van der Waals surface area contributed by atoms with E-state index in [1.165, 1.54) is 0 Å². The van der Waals surface area contributed by atoms with Gasteiger partial charge in [-0.3, -0.25) is 9.78 Å². The Morgan fingerprint density at radius 1 is 1.67 bits per heavy atom. The van der Waals surface area contributed by atoms with Gasteiger partial charge in [0.2, 0.25) is 0 Å². The fourth-order valence-electron chi connectivity index (χ4n) is 1.33. The SMILES string of the molecule is CCOC(=O)Cc1ncc(C#N)c(Br)c1C(F)F. The van der Waals surface area contributed by atoms with Crippen LogP contribution in [-0.2, 0) is 16.0 Å². The molecule has 0 fully saturated rings. The van der Waals surface area contributed by atoms with Crippen LogP contribution in [0.15, 0.2) is 10.7 Å². The number of esters is 1. The van der Waals surface area contributed by atoms with Gasteiger partial charge in [0.15, 0.2) is 0 Å². The second kappa shape index (κ2) is 6.40. The summed E-state index contributed by atoms with van der Waals surface area (Å²) in [6.07, 6.45) is -2.04. The molecule has 1 aromatic heterocycles. The maximum Gasteiger partial charge on any atom is 0.311 e. The number of halogens is 3. The molecule has 0 aliphatic carbocycles. The molecule has 0 spiro atoms. The van der Waals surface area contributed by atoms with E-state index in [0.717, 1.165) is 6.20 Å². The second-order valence-corrected chi connectivity index (χ2v) is 4.03. The van der Waals surface area contributed by atoms with E-state index in [1.54, 1.807) is 13.0 Å². The molecule has 0 bridgehead atoms. The zero-order valence-corrected chi connectivity index (χ0v) is 11.0. The van der Waals surface area contributed by atoms with E-state index in [4.69, 9.17) is 5.26 Å². The zero-order valence-electron chi connectivity index (χ0n) is 9.41. The average Bonchev–Trinajstić information content (AvgIpc) is 2.29. The molecule has 1 rings (SSSR count). The molecule has 0 atom stereocenters. The summed E-state index contributed by atoms with van der Waals surface area (Å²) in [5, 5.41) is 8.73. The molecule has 0 radical (unpaired) electrons. The third kappa shape index (κ3) is 3.23. The highest BCUT2D eigenvalue weighted by Crippen LogP contribution is 2.32. The van der Waals surface area contributed by atoms with Crippen molar-refractivity contribution in [1.82, 2.24) is 4.98 Å². The smallest absolute Gasteiger partial charge is 0.311 e. The van der Waals surface area contributed by atoms with Crippen LogP contribution in [-0.4, -0.2) is 17.6 Å². The molecule has 4 nitrogen and oxygen atoms in total. The third-order valence-corrected chi connectivity index (χ3v) is 2.94. The van der Waals surface area contributed by atoms with E-state index in [1.807, 2.05) is 0 Å². The number of rotatable bonds is 4. The number of ether oxygens (including phenoxy) is 1. The number of nitrogens with zero attached hydrogens (tertiary/aromatic N) is 2. The van der Waals surface area contributed by atoms with Crippen molar-refractivity contribution in [3.8, 4) is 6.07 Å². The monoisotopic (exact) mass is 318 g/mol. The molecular weight excluding hydrogens is 310 g/mol. The van der Waals surface area contributed by atoms with E-state index in [-0.39, 0.29) is 28.8 Å². The standard InChI is InChI=1S/C11H9BrF2N2O2/c1-2-18-8(17)3-7-9(11(13)14)10(12)6(4-15)5-16-7/h5,11H,2-3H2,1H3. The molecule has 0 aliphatic heterocycles. The van der Waals surface area contributed by atoms with Crippen LogP contribution in [0.1, 0.15) is 30.2 Å². The zero-order chi connectivity index (χ0) is 13.7. The minimum Gasteiger partial charge on any atom is -0.466 e. The quantitative estimate of drug-likeness (QED) is 0.801. The number of hydrogen-bond acceptors (Lipinski definition) is 4. The van der Waals surface area contributed by atoms with Gasteiger partial charge in [-0.2, -0.15) is 5.26 Å². The number of carbonyl (C=O) groups excluding carboxylic acids is 1. The highest BCUT2D eigenvalue weighted by molar-refractivity contribution is 9.10. The largest absolute Gasteiger partial charge is 0.466 e. The van der Waals surface area contributed by atoms with Gasteiger partial charge < -0.3 is 4.74 Å². The number of aromatic nitrogens is 1. The van der Waals surface area contributed by atoms with Crippen LogP contribution in [0.5, 0.6) is 0 Å². The van der Waals surface area contributed by atoms with Crippen LogP contribution in [0.2, 0.25) is 0 Å². The Kier molecular flexibility index (Phi) is 5.16. The number of hydrogen-bond donors (Lipinski definition) is 0. The van der Waals surface area contributed by atoms with Gasteiger partial charge in [0.25, 0.3) is 6.43 Å². The Hall–Kier alpha value is -1.55. The van der Waals surface area contributed by atoms with Gasteiger partial charge in [0.05, 0.1) is 29.8 Å².